The second kappa shape index (κ2) is 4.14. The number of fused-ring (bicyclic) bond motifs is 1. The van der Waals surface area contributed by atoms with Crippen LogP contribution in [0.1, 0.15) is 38.5 Å². The van der Waals surface area contributed by atoms with Gasteiger partial charge in [0.05, 0.1) is 17.4 Å². The highest BCUT2D eigenvalue weighted by Crippen LogP contribution is 2.54. The second-order valence-corrected chi connectivity index (χ2v) is 6.14. The van der Waals surface area contributed by atoms with Gasteiger partial charge >= 0.3 is 0 Å². The van der Waals surface area contributed by atoms with Crippen LogP contribution in [0.5, 0.6) is 0 Å². The molecule has 1 aromatic carbocycles. The number of hydrogen-bond donors (Lipinski definition) is 0. The lowest BCUT2D eigenvalue weighted by atomic mass is 9.95. The van der Waals surface area contributed by atoms with Crippen LogP contribution in [-0.4, -0.2) is 9.55 Å². The van der Waals surface area contributed by atoms with Gasteiger partial charge in [0.2, 0.25) is 0 Å². The normalized spacial score (nSPS) is 21.4. The summed E-state index contributed by atoms with van der Waals surface area (Å²) in [6, 6.07) is 4.63. The zero-order valence-electron chi connectivity index (χ0n) is 11.3. The maximum Gasteiger partial charge on any atom is 0.264 e. The summed E-state index contributed by atoms with van der Waals surface area (Å²) < 4.78 is 15.7. The zero-order valence-corrected chi connectivity index (χ0v) is 11.3. The van der Waals surface area contributed by atoms with E-state index in [1.807, 2.05) is 0 Å². The van der Waals surface area contributed by atoms with Crippen LogP contribution in [0.15, 0.2) is 29.3 Å². The Balaban J connectivity index is 1.91. The molecule has 4 heteroatoms. The highest BCUT2D eigenvalue weighted by molar-refractivity contribution is 5.77. The molecule has 2 fully saturated rings. The fourth-order valence-electron chi connectivity index (χ4n) is 3.88. The van der Waals surface area contributed by atoms with E-state index >= 15 is 0 Å². The molecule has 2 aromatic rings. The van der Waals surface area contributed by atoms with Crippen LogP contribution >= 0.6 is 0 Å². The van der Waals surface area contributed by atoms with Gasteiger partial charge in [-0.3, -0.25) is 9.36 Å². The van der Waals surface area contributed by atoms with Gasteiger partial charge < -0.3 is 0 Å². The first-order valence-corrected chi connectivity index (χ1v) is 7.39. The molecular formula is C16H17FN2O. The molecule has 2 saturated carbocycles. The van der Waals surface area contributed by atoms with Crippen molar-refractivity contribution in [1.82, 2.24) is 9.55 Å². The Morgan fingerprint density at radius 1 is 1.25 bits per heavy atom. The molecule has 2 aliphatic rings. The maximum absolute atomic E-state index is 14.0. The number of nitrogens with zero attached hydrogens (tertiary/aromatic N) is 2. The van der Waals surface area contributed by atoms with Gasteiger partial charge in [-0.1, -0.05) is 18.9 Å². The van der Waals surface area contributed by atoms with Gasteiger partial charge in [0.1, 0.15) is 11.2 Å². The Bertz CT molecular complexity index is 727. The van der Waals surface area contributed by atoms with Crippen molar-refractivity contribution in [2.45, 2.75) is 44.1 Å². The first kappa shape index (κ1) is 12.1. The fourth-order valence-corrected chi connectivity index (χ4v) is 3.88. The molecule has 20 heavy (non-hydrogen) atoms. The Labute approximate surface area is 116 Å². The first-order chi connectivity index (χ1) is 9.72. The second-order valence-electron chi connectivity index (χ2n) is 6.14. The van der Waals surface area contributed by atoms with Crippen LogP contribution in [0.2, 0.25) is 0 Å². The third kappa shape index (κ3) is 1.57. The maximum atomic E-state index is 14.0. The molecule has 0 amide bonds. The van der Waals surface area contributed by atoms with Crippen LogP contribution in [0.4, 0.5) is 4.39 Å². The van der Waals surface area contributed by atoms with Crippen LogP contribution in [0.25, 0.3) is 10.9 Å². The molecule has 0 aliphatic heterocycles. The molecule has 1 heterocycles. The Kier molecular flexibility index (Phi) is 2.50. The molecule has 0 saturated heterocycles. The monoisotopic (exact) mass is 272 g/mol. The van der Waals surface area contributed by atoms with E-state index < -0.39 is 5.82 Å². The summed E-state index contributed by atoms with van der Waals surface area (Å²) in [5.74, 6) is 0.0998. The molecular weight excluding hydrogens is 255 g/mol. The van der Waals surface area contributed by atoms with Gasteiger partial charge in [-0.05, 0) is 43.7 Å². The van der Waals surface area contributed by atoms with Crippen LogP contribution < -0.4 is 5.56 Å². The summed E-state index contributed by atoms with van der Waals surface area (Å²) >= 11 is 0. The average molecular weight is 272 g/mol. The Morgan fingerprint density at radius 3 is 2.70 bits per heavy atom. The van der Waals surface area contributed by atoms with Gasteiger partial charge in [0.15, 0.2) is 0 Å². The minimum absolute atomic E-state index is 0.0724. The Morgan fingerprint density at radius 2 is 2.00 bits per heavy atom. The predicted octanol–water partition coefficient (Wildman–Crippen LogP) is 3.21. The summed E-state index contributed by atoms with van der Waals surface area (Å²) in [5.41, 5.74) is 0.169. The molecule has 3 nitrogen and oxygen atoms in total. The van der Waals surface area contributed by atoms with Gasteiger partial charge in [-0.25, -0.2) is 9.37 Å². The summed E-state index contributed by atoms with van der Waals surface area (Å²) in [6.07, 6.45) is 8.55. The number of benzene rings is 1. The molecule has 2 aliphatic carbocycles. The molecule has 1 aromatic heterocycles. The van der Waals surface area contributed by atoms with Gasteiger partial charge in [-0.2, -0.15) is 0 Å². The van der Waals surface area contributed by atoms with E-state index in [4.69, 9.17) is 0 Å². The lowest BCUT2D eigenvalue weighted by Crippen LogP contribution is -2.35. The minimum Gasteiger partial charge on any atom is -0.292 e. The van der Waals surface area contributed by atoms with E-state index in [2.05, 4.69) is 4.98 Å². The molecule has 0 radical (unpaired) electrons. The standard InChI is InChI=1S/C16H17FN2O/c17-12-6-3-7-13-14(12)15(20)19(10-18-13)16(8-9-16)11-4-1-2-5-11/h3,6-7,10-11H,1-2,4-5,8-9H2. The summed E-state index contributed by atoms with van der Waals surface area (Å²) in [6.45, 7) is 0. The van der Waals surface area contributed by atoms with Crippen molar-refractivity contribution < 1.29 is 4.39 Å². The zero-order chi connectivity index (χ0) is 13.7. The average Bonchev–Trinajstić information content (AvgIpc) is 3.05. The molecule has 4 rings (SSSR count). The highest BCUT2D eigenvalue weighted by Gasteiger charge is 2.52. The van der Waals surface area contributed by atoms with Gasteiger partial charge in [0.25, 0.3) is 5.56 Å². The van der Waals surface area contributed by atoms with Crippen molar-refractivity contribution in [3.05, 3.63) is 40.7 Å². The van der Waals surface area contributed by atoms with Gasteiger partial charge in [-0.15, -0.1) is 0 Å². The topological polar surface area (TPSA) is 34.9 Å². The molecule has 0 unspecified atom stereocenters. The summed E-state index contributed by atoms with van der Waals surface area (Å²) in [4.78, 5) is 17.0. The summed E-state index contributed by atoms with van der Waals surface area (Å²) in [7, 11) is 0. The van der Waals surface area contributed by atoms with E-state index in [9.17, 15) is 9.18 Å². The predicted molar refractivity (Wildman–Crippen MR) is 75.1 cm³/mol. The molecule has 0 N–H and O–H groups in total. The quantitative estimate of drug-likeness (QED) is 0.841. The number of hydrogen-bond acceptors (Lipinski definition) is 2. The Hall–Kier alpha value is -1.71. The number of aromatic nitrogens is 2. The van der Waals surface area contributed by atoms with E-state index in [0.717, 1.165) is 12.8 Å². The van der Waals surface area contributed by atoms with Crippen molar-refractivity contribution >= 4 is 10.9 Å². The van der Waals surface area contributed by atoms with Crippen molar-refractivity contribution in [2.75, 3.05) is 0 Å². The van der Waals surface area contributed by atoms with Crippen LogP contribution in [0, 0.1) is 11.7 Å². The number of rotatable bonds is 2. The van der Waals surface area contributed by atoms with Crippen molar-refractivity contribution in [2.24, 2.45) is 5.92 Å². The van der Waals surface area contributed by atoms with Crippen LogP contribution in [0.3, 0.4) is 0 Å². The molecule has 0 spiro atoms. The van der Waals surface area contributed by atoms with E-state index in [1.54, 1.807) is 23.0 Å². The smallest absolute Gasteiger partial charge is 0.264 e. The van der Waals surface area contributed by atoms with Gasteiger partial charge in [0, 0.05) is 0 Å². The molecule has 104 valence electrons. The highest BCUT2D eigenvalue weighted by atomic mass is 19.1. The SMILES string of the molecule is O=c1c2c(F)cccc2ncn1C1(C2CCCC2)CC1. The third-order valence-electron chi connectivity index (χ3n) is 5.09. The van der Waals surface area contributed by atoms with Crippen molar-refractivity contribution in [1.29, 1.82) is 0 Å². The lowest BCUT2D eigenvalue weighted by Gasteiger charge is -2.25. The van der Waals surface area contributed by atoms with E-state index in [0.29, 0.717) is 11.4 Å². The van der Waals surface area contributed by atoms with Crippen LogP contribution in [-0.2, 0) is 5.54 Å². The molecule has 0 bridgehead atoms. The fraction of sp³-hybridized carbons (Fsp3) is 0.500. The summed E-state index contributed by atoms with van der Waals surface area (Å²) in [5, 5.41) is 0.138. The van der Waals surface area contributed by atoms with Crippen molar-refractivity contribution in [3.8, 4) is 0 Å². The lowest BCUT2D eigenvalue weighted by molar-refractivity contribution is 0.300. The minimum atomic E-state index is -0.462. The largest absolute Gasteiger partial charge is 0.292 e. The van der Waals surface area contributed by atoms with E-state index in [1.165, 1.54) is 31.7 Å². The molecule has 0 atom stereocenters. The van der Waals surface area contributed by atoms with Crippen molar-refractivity contribution in [3.63, 3.8) is 0 Å². The number of halogens is 1. The third-order valence-corrected chi connectivity index (χ3v) is 5.09. The van der Waals surface area contributed by atoms with E-state index in [-0.39, 0.29) is 16.5 Å². The first-order valence-electron chi connectivity index (χ1n) is 7.39.